The zero-order valence-electron chi connectivity index (χ0n) is 16.6. The number of rotatable bonds is 5. The Morgan fingerprint density at radius 3 is 2.52 bits per heavy atom. The van der Waals surface area contributed by atoms with Crippen LogP contribution in [0, 0.1) is 5.92 Å². The molecule has 0 spiro atoms. The highest BCUT2D eigenvalue weighted by Gasteiger charge is 2.28. The molecule has 1 aromatic rings. The van der Waals surface area contributed by atoms with E-state index in [1.54, 1.807) is 0 Å². The van der Waals surface area contributed by atoms with Gasteiger partial charge in [0.2, 0.25) is 0 Å². The summed E-state index contributed by atoms with van der Waals surface area (Å²) < 4.78 is 6.22. The Morgan fingerprint density at radius 1 is 0.926 bits per heavy atom. The Morgan fingerprint density at radius 2 is 1.70 bits per heavy atom. The molecule has 1 amide bonds. The van der Waals surface area contributed by atoms with Gasteiger partial charge >= 0.3 is 0 Å². The van der Waals surface area contributed by atoms with E-state index < -0.39 is 0 Å². The summed E-state index contributed by atoms with van der Waals surface area (Å²) >= 11 is 0. The molecule has 1 atom stereocenters. The standard InChI is InChI=1S/C23H34N2O2/c26-23(24-14-6-7-15-24)21-12-4-5-13-22(21)27-18-19-9-8-16-25(17-19)20-10-2-1-3-11-20/h4-5,12-13,19-20H,1-3,6-11,14-18H2. The van der Waals surface area contributed by atoms with E-state index in [0.29, 0.717) is 5.92 Å². The fraction of sp³-hybridized carbons (Fsp3) is 0.696. The molecule has 1 saturated carbocycles. The molecule has 0 N–H and O–H groups in total. The lowest BCUT2D eigenvalue weighted by Gasteiger charge is -2.40. The van der Waals surface area contributed by atoms with Gasteiger partial charge in [-0.2, -0.15) is 0 Å². The van der Waals surface area contributed by atoms with E-state index in [-0.39, 0.29) is 5.91 Å². The predicted octanol–water partition coefficient (Wildman–Crippen LogP) is 4.35. The molecule has 0 radical (unpaired) electrons. The summed E-state index contributed by atoms with van der Waals surface area (Å²) in [4.78, 5) is 17.5. The summed E-state index contributed by atoms with van der Waals surface area (Å²) in [5.74, 6) is 1.48. The number of likely N-dealkylation sites (tertiary alicyclic amines) is 2. The van der Waals surface area contributed by atoms with Crippen molar-refractivity contribution in [1.29, 1.82) is 0 Å². The lowest BCUT2D eigenvalue weighted by atomic mass is 9.90. The van der Waals surface area contributed by atoms with Gasteiger partial charge in [0, 0.05) is 31.6 Å². The van der Waals surface area contributed by atoms with Crippen LogP contribution < -0.4 is 4.74 Å². The smallest absolute Gasteiger partial charge is 0.257 e. The molecule has 3 aliphatic rings. The van der Waals surface area contributed by atoms with E-state index >= 15 is 0 Å². The van der Waals surface area contributed by atoms with Crippen LogP contribution in [0.5, 0.6) is 5.75 Å². The second kappa shape index (κ2) is 9.09. The summed E-state index contributed by atoms with van der Waals surface area (Å²) in [6.45, 7) is 4.91. The van der Waals surface area contributed by atoms with Gasteiger partial charge in [0.25, 0.3) is 5.91 Å². The predicted molar refractivity (Wildman–Crippen MR) is 108 cm³/mol. The first kappa shape index (κ1) is 18.8. The summed E-state index contributed by atoms with van der Waals surface area (Å²) in [5.41, 5.74) is 0.736. The largest absolute Gasteiger partial charge is 0.492 e. The Labute approximate surface area is 163 Å². The van der Waals surface area contributed by atoms with Crippen molar-refractivity contribution in [1.82, 2.24) is 9.80 Å². The van der Waals surface area contributed by atoms with Crippen LogP contribution in [0.2, 0.25) is 0 Å². The summed E-state index contributed by atoms with van der Waals surface area (Å²) in [6.07, 6.45) is 11.7. The highest BCUT2D eigenvalue weighted by atomic mass is 16.5. The molecule has 4 rings (SSSR count). The molecule has 3 fully saturated rings. The quantitative estimate of drug-likeness (QED) is 0.773. The van der Waals surface area contributed by atoms with Gasteiger partial charge in [-0.1, -0.05) is 31.4 Å². The number of ether oxygens (including phenoxy) is 1. The van der Waals surface area contributed by atoms with Gasteiger partial charge in [0.05, 0.1) is 12.2 Å². The zero-order chi connectivity index (χ0) is 18.5. The van der Waals surface area contributed by atoms with E-state index in [2.05, 4.69) is 4.90 Å². The highest BCUT2D eigenvalue weighted by Crippen LogP contribution is 2.28. The third-order valence-electron chi connectivity index (χ3n) is 6.63. The summed E-state index contributed by atoms with van der Waals surface area (Å²) in [5, 5.41) is 0. The van der Waals surface area contributed by atoms with Gasteiger partial charge in [0.15, 0.2) is 0 Å². The van der Waals surface area contributed by atoms with Crippen molar-refractivity contribution in [3.63, 3.8) is 0 Å². The van der Waals surface area contributed by atoms with Crippen molar-refractivity contribution >= 4 is 5.91 Å². The van der Waals surface area contributed by atoms with E-state index in [1.807, 2.05) is 29.2 Å². The van der Waals surface area contributed by atoms with Crippen molar-refractivity contribution < 1.29 is 9.53 Å². The summed E-state index contributed by atoms with van der Waals surface area (Å²) in [6, 6.07) is 8.61. The number of carbonyl (C=O) groups excluding carboxylic acids is 1. The minimum absolute atomic E-state index is 0.135. The average Bonchev–Trinajstić information content (AvgIpc) is 3.28. The number of hydrogen-bond donors (Lipinski definition) is 0. The Balaban J connectivity index is 1.35. The Hall–Kier alpha value is -1.55. The SMILES string of the molecule is O=C(c1ccccc1OCC1CCCN(C2CCCCC2)C1)N1CCCC1. The van der Waals surface area contributed by atoms with Gasteiger partial charge in [-0.3, -0.25) is 9.69 Å². The first-order valence-electron chi connectivity index (χ1n) is 11.1. The third kappa shape index (κ3) is 4.66. The fourth-order valence-electron chi connectivity index (χ4n) is 5.08. The van der Waals surface area contributed by atoms with E-state index in [4.69, 9.17) is 4.74 Å². The minimum atomic E-state index is 0.135. The monoisotopic (exact) mass is 370 g/mol. The Kier molecular flexibility index (Phi) is 6.33. The number of hydrogen-bond acceptors (Lipinski definition) is 3. The van der Waals surface area contributed by atoms with Crippen molar-refractivity contribution in [2.45, 2.75) is 63.8 Å². The molecule has 0 aromatic heterocycles. The number of piperidine rings is 1. The molecule has 1 unspecified atom stereocenters. The summed E-state index contributed by atoms with van der Waals surface area (Å²) in [7, 11) is 0. The van der Waals surface area contributed by atoms with Gasteiger partial charge in [-0.15, -0.1) is 0 Å². The first-order valence-corrected chi connectivity index (χ1v) is 11.1. The topological polar surface area (TPSA) is 32.8 Å². The molecule has 2 aliphatic heterocycles. The second-order valence-corrected chi connectivity index (χ2v) is 8.60. The van der Waals surface area contributed by atoms with Gasteiger partial charge in [0.1, 0.15) is 5.75 Å². The van der Waals surface area contributed by atoms with Crippen LogP contribution in [0.3, 0.4) is 0 Å². The van der Waals surface area contributed by atoms with Gasteiger partial charge in [-0.25, -0.2) is 0 Å². The van der Waals surface area contributed by atoms with Crippen LogP contribution in [0.15, 0.2) is 24.3 Å². The second-order valence-electron chi connectivity index (χ2n) is 8.60. The molecular formula is C23H34N2O2. The van der Waals surface area contributed by atoms with Crippen LogP contribution in [0.4, 0.5) is 0 Å². The molecule has 148 valence electrons. The number of para-hydroxylation sites is 1. The molecule has 4 heteroatoms. The molecule has 4 nitrogen and oxygen atoms in total. The molecule has 1 aliphatic carbocycles. The van der Waals surface area contributed by atoms with Crippen molar-refractivity contribution in [3.8, 4) is 5.75 Å². The van der Waals surface area contributed by atoms with Gasteiger partial charge in [-0.05, 0) is 57.2 Å². The van der Waals surface area contributed by atoms with Crippen LogP contribution in [0.1, 0.15) is 68.1 Å². The molecular weight excluding hydrogens is 336 g/mol. The minimum Gasteiger partial charge on any atom is -0.492 e. The maximum absolute atomic E-state index is 12.8. The fourth-order valence-corrected chi connectivity index (χ4v) is 5.08. The number of benzene rings is 1. The van der Waals surface area contributed by atoms with Crippen LogP contribution in [0.25, 0.3) is 0 Å². The Bertz CT molecular complexity index is 621. The van der Waals surface area contributed by atoms with E-state index in [1.165, 1.54) is 51.5 Å². The molecule has 2 saturated heterocycles. The van der Waals surface area contributed by atoms with Crippen molar-refractivity contribution in [2.24, 2.45) is 5.92 Å². The molecule has 2 heterocycles. The van der Waals surface area contributed by atoms with Gasteiger partial charge < -0.3 is 9.64 Å². The highest BCUT2D eigenvalue weighted by molar-refractivity contribution is 5.97. The third-order valence-corrected chi connectivity index (χ3v) is 6.63. The lowest BCUT2D eigenvalue weighted by molar-refractivity contribution is 0.0743. The molecule has 1 aromatic carbocycles. The van der Waals surface area contributed by atoms with Crippen molar-refractivity contribution in [2.75, 3.05) is 32.8 Å². The number of carbonyl (C=O) groups is 1. The first-order chi connectivity index (χ1) is 13.3. The number of amides is 1. The maximum atomic E-state index is 12.8. The lowest BCUT2D eigenvalue weighted by Crippen LogP contribution is -2.44. The van der Waals surface area contributed by atoms with E-state index in [9.17, 15) is 4.79 Å². The molecule has 27 heavy (non-hydrogen) atoms. The average molecular weight is 371 g/mol. The number of nitrogens with zero attached hydrogens (tertiary/aromatic N) is 2. The van der Waals surface area contributed by atoms with Crippen LogP contribution >= 0.6 is 0 Å². The maximum Gasteiger partial charge on any atom is 0.257 e. The zero-order valence-corrected chi connectivity index (χ0v) is 16.6. The van der Waals surface area contributed by atoms with Crippen molar-refractivity contribution in [3.05, 3.63) is 29.8 Å². The van der Waals surface area contributed by atoms with Crippen LogP contribution in [-0.4, -0.2) is 54.5 Å². The van der Waals surface area contributed by atoms with E-state index in [0.717, 1.165) is 56.4 Å². The normalized spacial score (nSPS) is 24.9. The van der Waals surface area contributed by atoms with Crippen LogP contribution in [-0.2, 0) is 0 Å². The molecule has 0 bridgehead atoms.